The first-order chi connectivity index (χ1) is 12.3. The standard InChI is InChI=1S/C19H24N4O2/c24-19(22-17-6-7-18-15(9-17)10-20-23-18)21-16-3-1-2-14(8-16)12-25-11-13-4-5-13/h1-3,8,10,13,17H,4-7,9,11-12H2,(H,20,23)(H2,21,22,24)/t17-/m0/s1. The predicted molar refractivity (Wildman–Crippen MR) is 95.4 cm³/mol. The van der Waals surface area contributed by atoms with Gasteiger partial charge in [-0.2, -0.15) is 5.10 Å². The van der Waals surface area contributed by atoms with Gasteiger partial charge in [0, 0.05) is 24.0 Å². The van der Waals surface area contributed by atoms with Crippen molar-refractivity contribution < 1.29 is 9.53 Å². The second kappa shape index (κ2) is 7.27. The molecule has 0 spiro atoms. The lowest BCUT2D eigenvalue weighted by molar-refractivity contribution is 0.111. The topological polar surface area (TPSA) is 79.0 Å². The van der Waals surface area contributed by atoms with Crippen molar-refractivity contribution in [2.24, 2.45) is 5.92 Å². The highest BCUT2D eigenvalue weighted by molar-refractivity contribution is 5.89. The van der Waals surface area contributed by atoms with Crippen molar-refractivity contribution in [1.82, 2.24) is 15.5 Å². The first-order valence-corrected chi connectivity index (χ1v) is 9.01. The molecule has 3 N–H and O–H groups in total. The molecule has 2 aliphatic rings. The number of anilines is 1. The third-order valence-electron chi connectivity index (χ3n) is 4.86. The molecule has 132 valence electrons. The van der Waals surface area contributed by atoms with Crippen LogP contribution in [-0.2, 0) is 24.2 Å². The Bertz CT molecular complexity index is 739. The van der Waals surface area contributed by atoms with Gasteiger partial charge in [-0.25, -0.2) is 4.79 Å². The Labute approximate surface area is 147 Å². The van der Waals surface area contributed by atoms with Crippen molar-refractivity contribution in [3.63, 3.8) is 0 Å². The van der Waals surface area contributed by atoms with Crippen LogP contribution >= 0.6 is 0 Å². The fraction of sp³-hybridized carbons (Fsp3) is 0.474. The molecule has 1 aromatic carbocycles. The molecule has 1 heterocycles. The minimum absolute atomic E-state index is 0.148. The molecular formula is C19H24N4O2. The van der Waals surface area contributed by atoms with E-state index in [1.54, 1.807) is 0 Å². The second-order valence-corrected chi connectivity index (χ2v) is 7.07. The highest BCUT2D eigenvalue weighted by Crippen LogP contribution is 2.29. The lowest BCUT2D eigenvalue weighted by atomic mass is 9.94. The number of hydrogen-bond donors (Lipinski definition) is 3. The molecule has 0 bridgehead atoms. The van der Waals surface area contributed by atoms with Crippen molar-refractivity contribution in [3.05, 3.63) is 47.3 Å². The summed E-state index contributed by atoms with van der Waals surface area (Å²) in [6.45, 7) is 1.44. The summed E-state index contributed by atoms with van der Waals surface area (Å²) in [6.07, 6.45) is 7.12. The Kier molecular flexibility index (Phi) is 4.70. The number of fused-ring (bicyclic) bond motifs is 1. The van der Waals surface area contributed by atoms with Gasteiger partial charge >= 0.3 is 6.03 Å². The molecule has 2 aromatic rings. The number of nitrogens with one attached hydrogen (secondary N) is 3. The Hall–Kier alpha value is -2.34. The van der Waals surface area contributed by atoms with E-state index in [2.05, 4.69) is 20.8 Å². The van der Waals surface area contributed by atoms with E-state index in [9.17, 15) is 4.79 Å². The molecule has 6 heteroatoms. The van der Waals surface area contributed by atoms with Crippen molar-refractivity contribution in [2.75, 3.05) is 11.9 Å². The van der Waals surface area contributed by atoms with Crippen LogP contribution in [-0.4, -0.2) is 28.9 Å². The van der Waals surface area contributed by atoms with Crippen LogP contribution < -0.4 is 10.6 Å². The van der Waals surface area contributed by atoms with Gasteiger partial charge in [-0.1, -0.05) is 12.1 Å². The van der Waals surface area contributed by atoms with Crippen LogP contribution in [0.25, 0.3) is 0 Å². The molecule has 6 nitrogen and oxygen atoms in total. The molecule has 1 aromatic heterocycles. The SMILES string of the molecule is O=C(Nc1cccc(COCC2CC2)c1)N[C@H]1CCc2[nH]ncc2C1. The minimum Gasteiger partial charge on any atom is -0.376 e. The summed E-state index contributed by atoms with van der Waals surface area (Å²) < 4.78 is 5.71. The van der Waals surface area contributed by atoms with Crippen molar-refractivity contribution in [3.8, 4) is 0 Å². The molecule has 0 unspecified atom stereocenters. The van der Waals surface area contributed by atoms with Gasteiger partial charge in [0.05, 0.1) is 12.8 Å². The first-order valence-electron chi connectivity index (χ1n) is 9.01. The van der Waals surface area contributed by atoms with Crippen molar-refractivity contribution in [1.29, 1.82) is 0 Å². The van der Waals surface area contributed by atoms with Crippen LogP contribution in [0.15, 0.2) is 30.5 Å². The Balaban J connectivity index is 1.27. The molecule has 2 amide bonds. The Morgan fingerprint density at radius 1 is 1.32 bits per heavy atom. The van der Waals surface area contributed by atoms with Gasteiger partial charge in [0.15, 0.2) is 0 Å². The lowest BCUT2D eigenvalue weighted by Crippen LogP contribution is -2.41. The van der Waals surface area contributed by atoms with Gasteiger partial charge in [-0.15, -0.1) is 0 Å². The number of ether oxygens (including phenoxy) is 1. The number of nitrogens with zero attached hydrogens (tertiary/aromatic N) is 1. The maximum absolute atomic E-state index is 12.3. The van der Waals surface area contributed by atoms with Gasteiger partial charge in [0.2, 0.25) is 0 Å². The fourth-order valence-corrected chi connectivity index (χ4v) is 3.26. The zero-order valence-corrected chi connectivity index (χ0v) is 14.3. The maximum Gasteiger partial charge on any atom is 0.319 e. The van der Waals surface area contributed by atoms with E-state index in [4.69, 9.17) is 4.74 Å². The lowest BCUT2D eigenvalue weighted by Gasteiger charge is -2.23. The molecule has 1 fully saturated rings. The number of H-pyrrole nitrogens is 1. The largest absolute Gasteiger partial charge is 0.376 e. The van der Waals surface area contributed by atoms with Gasteiger partial charge in [0.1, 0.15) is 0 Å². The highest BCUT2D eigenvalue weighted by atomic mass is 16.5. The summed E-state index contributed by atoms with van der Waals surface area (Å²) in [5, 5.41) is 13.1. The number of rotatable bonds is 6. The number of carbonyl (C=O) groups is 1. The van der Waals surface area contributed by atoms with Crippen LogP contribution in [0, 0.1) is 5.92 Å². The fourth-order valence-electron chi connectivity index (χ4n) is 3.26. The summed E-state index contributed by atoms with van der Waals surface area (Å²) in [6, 6.07) is 7.84. The van der Waals surface area contributed by atoms with Gasteiger partial charge in [-0.3, -0.25) is 5.10 Å². The summed E-state index contributed by atoms with van der Waals surface area (Å²) in [5.74, 6) is 0.762. The van der Waals surface area contributed by atoms with Crippen molar-refractivity contribution in [2.45, 2.75) is 44.8 Å². The number of aromatic nitrogens is 2. The van der Waals surface area contributed by atoms with Gasteiger partial charge in [-0.05, 0) is 61.3 Å². The normalized spacial score (nSPS) is 19.3. The average Bonchev–Trinajstić information content (AvgIpc) is 3.30. The minimum atomic E-state index is -0.159. The third kappa shape index (κ3) is 4.39. The number of benzene rings is 1. The average molecular weight is 340 g/mol. The van der Waals surface area contributed by atoms with E-state index < -0.39 is 0 Å². The molecule has 0 saturated heterocycles. The summed E-state index contributed by atoms with van der Waals surface area (Å²) in [7, 11) is 0. The molecule has 0 aliphatic heterocycles. The summed E-state index contributed by atoms with van der Waals surface area (Å²) >= 11 is 0. The number of urea groups is 1. The molecule has 2 aliphatic carbocycles. The maximum atomic E-state index is 12.3. The zero-order valence-electron chi connectivity index (χ0n) is 14.3. The monoisotopic (exact) mass is 340 g/mol. The smallest absolute Gasteiger partial charge is 0.319 e. The number of aromatic amines is 1. The van der Waals surface area contributed by atoms with Gasteiger partial charge in [0.25, 0.3) is 0 Å². The van der Waals surface area contributed by atoms with Gasteiger partial charge < -0.3 is 15.4 Å². The van der Waals surface area contributed by atoms with E-state index in [1.807, 2.05) is 30.5 Å². The van der Waals surface area contributed by atoms with Crippen LogP contribution in [0.4, 0.5) is 10.5 Å². The summed E-state index contributed by atoms with van der Waals surface area (Å²) in [4.78, 5) is 12.3. The first kappa shape index (κ1) is 16.1. The van der Waals surface area contributed by atoms with E-state index in [-0.39, 0.29) is 12.1 Å². The van der Waals surface area contributed by atoms with Crippen molar-refractivity contribution >= 4 is 11.7 Å². The van der Waals surface area contributed by atoms with Crippen LogP contribution in [0.3, 0.4) is 0 Å². The molecular weight excluding hydrogens is 316 g/mol. The Morgan fingerprint density at radius 3 is 3.12 bits per heavy atom. The van der Waals surface area contributed by atoms with Crippen LogP contribution in [0.5, 0.6) is 0 Å². The zero-order chi connectivity index (χ0) is 17.1. The van der Waals surface area contributed by atoms with Crippen LogP contribution in [0.2, 0.25) is 0 Å². The van der Waals surface area contributed by atoms with E-state index >= 15 is 0 Å². The molecule has 4 rings (SSSR count). The third-order valence-corrected chi connectivity index (χ3v) is 4.86. The quantitative estimate of drug-likeness (QED) is 0.756. The highest BCUT2D eigenvalue weighted by Gasteiger charge is 2.22. The van der Waals surface area contributed by atoms with E-state index in [0.717, 1.165) is 43.0 Å². The number of hydrogen-bond acceptors (Lipinski definition) is 3. The number of carbonyl (C=O) groups excluding carboxylic acids is 1. The predicted octanol–water partition coefficient (Wildman–Crippen LogP) is 3.02. The molecule has 0 radical (unpaired) electrons. The second-order valence-electron chi connectivity index (χ2n) is 7.07. The number of aryl methyl sites for hydroxylation is 1. The molecule has 1 saturated carbocycles. The number of amides is 2. The van der Waals surface area contributed by atoms with Crippen LogP contribution in [0.1, 0.15) is 36.1 Å². The van der Waals surface area contributed by atoms with E-state index in [0.29, 0.717) is 6.61 Å². The summed E-state index contributed by atoms with van der Waals surface area (Å²) in [5.41, 5.74) is 4.27. The van der Waals surface area contributed by atoms with E-state index in [1.165, 1.54) is 24.1 Å². The molecule has 25 heavy (non-hydrogen) atoms. The Morgan fingerprint density at radius 2 is 2.24 bits per heavy atom. The molecule has 1 atom stereocenters.